The predicted molar refractivity (Wildman–Crippen MR) is 106 cm³/mol. The minimum Gasteiger partial charge on any atom is -0.507 e. The first-order valence-electron chi connectivity index (χ1n) is 9.56. The van der Waals surface area contributed by atoms with Crippen LogP contribution in [0.4, 0.5) is 0 Å². The molecule has 1 unspecified atom stereocenters. The Kier molecular flexibility index (Phi) is 5.00. The molecule has 4 rings (SSSR count). The van der Waals surface area contributed by atoms with Gasteiger partial charge in [-0.15, -0.1) is 10.2 Å². The zero-order chi connectivity index (χ0) is 19.7. The predicted octanol–water partition coefficient (Wildman–Crippen LogP) is 3.37. The van der Waals surface area contributed by atoms with Gasteiger partial charge in [-0.25, -0.2) is 0 Å². The number of amides is 1. The number of nitrogens with zero attached hydrogens (tertiary/aromatic N) is 3. The van der Waals surface area contributed by atoms with E-state index in [1.165, 1.54) is 0 Å². The lowest BCUT2D eigenvalue weighted by Crippen LogP contribution is -2.44. The molecule has 28 heavy (non-hydrogen) atoms. The number of nitrogens with one attached hydrogen (secondary N) is 1. The van der Waals surface area contributed by atoms with E-state index in [1.807, 2.05) is 18.2 Å². The van der Waals surface area contributed by atoms with Gasteiger partial charge >= 0.3 is 0 Å². The first kappa shape index (κ1) is 18.4. The second-order valence-electron chi connectivity index (χ2n) is 7.23. The van der Waals surface area contributed by atoms with Crippen molar-refractivity contribution in [3.05, 3.63) is 41.6 Å². The fraction of sp³-hybridized carbons (Fsp3) is 0.381. The Balaban J connectivity index is 1.85. The highest BCUT2D eigenvalue weighted by atomic mass is 16.5. The van der Waals surface area contributed by atoms with Gasteiger partial charge in [0.2, 0.25) is 6.41 Å². The SMILES string of the molecule is CCCC(OC)c1c(C2CN(C=O)C2)[nH]c2nnc(-c3ccccc3O)cc12. The van der Waals surface area contributed by atoms with Crippen molar-refractivity contribution >= 4 is 17.4 Å². The zero-order valence-electron chi connectivity index (χ0n) is 16.1. The van der Waals surface area contributed by atoms with Gasteiger partial charge in [0.05, 0.1) is 11.8 Å². The molecule has 1 atom stereocenters. The molecule has 146 valence electrons. The first-order valence-corrected chi connectivity index (χ1v) is 9.56. The van der Waals surface area contributed by atoms with Crippen molar-refractivity contribution in [1.29, 1.82) is 0 Å². The van der Waals surface area contributed by atoms with Gasteiger partial charge in [0.15, 0.2) is 5.65 Å². The summed E-state index contributed by atoms with van der Waals surface area (Å²) < 4.78 is 5.82. The van der Waals surface area contributed by atoms with Crippen LogP contribution in [0.1, 0.15) is 43.0 Å². The van der Waals surface area contributed by atoms with Gasteiger partial charge in [-0.05, 0) is 24.6 Å². The molecular formula is C21H24N4O3. The number of H-pyrrole nitrogens is 1. The molecule has 2 aromatic heterocycles. The second-order valence-corrected chi connectivity index (χ2v) is 7.23. The van der Waals surface area contributed by atoms with Crippen LogP contribution in [0.25, 0.3) is 22.3 Å². The molecule has 3 aromatic rings. The summed E-state index contributed by atoms with van der Waals surface area (Å²) >= 11 is 0. The molecule has 0 saturated carbocycles. The summed E-state index contributed by atoms with van der Waals surface area (Å²) in [6.45, 7) is 3.50. The maximum Gasteiger partial charge on any atom is 0.209 e. The number of aromatic nitrogens is 3. The molecule has 1 fully saturated rings. The molecule has 0 spiro atoms. The Labute approximate surface area is 163 Å². The molecule has 1 aliphatic heterocycles. The van der Waals surface area contributed by atoms with Gasteiger partial charge in [-0.2, -0.15) is 0 Å². The number of para-hydroxylation sites is 1. The van der Waals surface area contributed by atoms with Crippen molar-refractivity contribution in [2.45, 2.75) is 31.8 Å². The number of phenols is 1. The van der Waals surface area contributed by atoms with Crippen molar-refractivity contribution in [3.63, 3.8) is 0 Å². The maximum atomic E-state index is 11.0. The monoisotopic (exact) mass is 380 g/mol. The lowest BCUT2D eigenvalue weighted by molar-refractivity contribution is -0.122. The third-order valence-electron chi connectivity index (χ3n) is 5.43. The summed E-state index contributed by atoms with van der Waals surface area (Å²) in [5.74, 6) is 0.406. The quantitative estimate of drug-likeness (QED) is 0.613. The molecule has 1 aromatic carbocycles. The molecule has 2 N–H and O–H groups in total. The van der Waals surface area contributed by atoms with Crippen molar-refractivity contribution < 1.29 is 14.6 Å². The van der Waals surface area contributed by atoms with Gasteiger partial charge < -0.3 is 19.7 Å². The average Bonchev–Trinajstić information content (AvgIpc) is 3.03. The molecule has 0 radical (unpaired) electrons. The van der Waals surface area contributed by atoms with Crippen LogP contribution >= 0.6 is 0 Å². The number of phenolic OH excluding ortho intramolecular Hbond substituents is 1. The summed E-state index contributed by atoms with van der Waals surface area (Å²) in [4.78, 5) is 16.2. The average molecular weight is 380 g/mol. The van der Waals surface area contributed by atoms with Crippen molar-refractivity contribution in [2.24, 2.45) is 0 Å². The number of likely N-dealkylation sites (tertiary alicyclic amines) is 1. The van der Waals surface area contributed by atoms with Crippen LogP contribution in [0.2, 0.25) is 0 Å². The summed E-state index contributed by atoms with van der Waals surface area (Å²) in [5.41, 5.74) is 4.11. The summed E-state index contributed by atoms with van der Waals surface area (Å²) in [5, 5.41) is 19.8. The fourth-order valence-electron chi connectivity index (χ4n) is 3.94. The number of ether oxygens (including phenoxy) is 1. The maximum absolute atomic E-state index is 11.0. The Morgan fingerprint density at radius 2 is 2.14 bits per heavy atom. The van der Waals surface area contributed by atoms with Crippen LogP contribution in [-0.2, 0) is 9.53 Å². The molecule has 3 heterocycles. The normalized spacial score (nSPS) is 15.6. The number of aromatic hydroxyl groups is 1. The van der Waals surface area contributed by atoms with Crippen molar-refractivity contribution in [1.82, 2.24) is 20.1 Å². The third kappa shape index (κ3) is 3.11. The minimum atomic E-state index is -0.0690. The molecule has 1 saturated heterocycles. The number of hydrogen-bond donors (Lipinski definition) is 2. The molecular weight excluding hydrogens is 356 g/mol. The number of rotatable bonds is 7. The number of fused-ring (bicyclic) bond motifs is 1. The van der Waals surface area contributed by atoms with Crippen molar-refractivity contribution in [2.75, 3.05) is 20.2 Å². The highest BCUT2D eigenvalue weighted by Crippen LogP contribution is 2.39. The van der Waals surface area contributed by atoms with Crippen LogP contribution < -0.4 is 0 Å². The van der Waals surface area contributed by atoms with E-state index in [-0.39, 0.29) is 17.8 Å². The van der Waals surface area contributed by atoms with E-state index in [4.69, 9.17) is 4.74 Å². The van der Waals surface area contributed by atoms with Crippen molar-refractivity contribution in [3.8, 4) is 17.0 Å². The largest absolute Gasteiger partial charge is 0.507 e. The topological polar surface area (TPSA) is 91.3 Å². The van der Waals surface area contributed by atoms with E-state index in [2.05, 4.69) is 22.1 Å². The molecule has 1 aliphatic rings. The number of methoxy groups -OCH3 is 1. The number of carbonyl (C=O) groups excluding carboxylic acids is 1. The van der Waals surface area contributed by atoms with E-state index in [0.717, 1.165) is 35.9 Å². The lowest BCUT2D eigenvalue weighted by Gasteiger charge is -2.37. The number of aromatic amines is 1. The van der Waals surface area contributed by atoms with Crippen LogP contribution in [0, 0.1) is 0 Å². The Morgan fingerprint density at radius 3 is 2.82 bits per heavy atom. The minimum absolute atomic E-state index is 0.0690. The fourth-order valence-corrected chi connectivity index (χ4v) is 3.94. The van der Waals surface area contributed by atoms with Gasteiger partial charge in [0, 0.05) is 48.3 Å². The van der Waals surface area contributed by atoms with Gasteiger partial charge in [-0.3, -0.25) is 4.79 Å². The second kappa shape index (κ2) is 7.59. The lowest BCUT2D eigenvalue weighted by atomic mass is 9.90. The van der Waals surface area contributed by atoms with E-state index in [1.54, 1.807) is 24.1 Å². The number of hydrogen-bond acceptors (Lipinski definition) is 5. The van der Waals surface area contributed by atoms with Gasteiger partial charge in [0.1, 0.15) is 5.75 Å². The summed E-state index contributed by atoms with van der Waals surface area (Å²) in [7, 11) is 1.72. The van der Waals surface area contributed by atoms with Gasteiger partial charge in [0.25, 0.3) is 0 Å². The van der Waals surface area contributed by atoms with Crippen LogP contribution in [0.15, 0.2) is 30.3 Å². The van der Waals surface area contributed by atoms with E-state index in [0.29, 0.717) is 30.0 Å². The van der Waals surface area contributed by atoms with Crippen LogP contribution in [0.5, 0.6) is 5.75 Å². The smallest absolute Gasteiger partial charge is 0.209 e. The van der Waals surface area contributed by atoms with Gasteiger partial charge in [-0.1, -0.05) is 25.5 Å². The highest BCUT2D eigenvalue weighted by Gasteiger charge is 2.33. The molecule has 0 bridgehead atoms. The summed E-state index contributed by atoms with van der Waals surface area (Å²) in [6.07, 6.45) is 2.69. The highest BCUT2D eigenvalue weighted by molar-refractivity contribution is 5.86. The molecule has 7 heteroatoms. The molecule has 1 amide bonds. The van der Waals surface area contributed by atoms with Crippen LogP contribution in [0.3, 0.4) is 0 Å². The first-order chi connectivity index (χ1) is 13.7. The summed E-state index contributed by atoms with van der Waals surface area (Å²) in [6, 6.07) is 9.07. The Bertz CT molecular complexity index is 994. The number of carbonyl (C=O) groups is 1. The zero-order valence-corrected chi connectivity index (χ0v) is 16.1. The van der Waals surface area contributed by atoms with Crippen LogP contribution in [-0.4, -0.2) is 51.8 Å². The number of benzene rings is 1. The Morgan fingerprint density at radius 1 is 1.36 bits per heavy atom. The molecule has 7 nitrogen and oxygen atoms in total. The molecule has 0 aliphatic carbocycles. The van der Waals surface area contributed by atoms with E-state index < -0.39 is 0 Å². The van der Waals surface area contributed by atoms with E-state index in [9.17, 15) is 9.90 Å². The standard InChI is InChI=1S/C21H24N4O3/c1-3-6-18(28-2)19-15-9-16(14-7-4-5-8-17(14)27)23-24-21(15)22-20(19)13-10-25(11-13)12-26/h4-5,7-9,12-13,18,27H,3,6,10-11H2,1-2H3,(H,22,24). The Hall–Kier alpha value is -2.93. The third-order valence-corrected chi connectivity index (χ3v) is 5.43. The van der Waals surface area contributed by atoms with E-state index >= 15 is 0 Å².